The molecule has 0 bridgehead atoms. The number of methoxy groups -OCH3 is 1. The molecule has 9 nitrogen and oxygen atoms in total. The second kappa shape index (κ2) is 7.46. The molecule has 0 radical (unpaired) electrons. The number of fused-ring (bicyclic) bond motifs is 2. The van der Waals surface area contributed by atoms with Gasteiger partial charge in [-0.25, -0.2) is 9.55 Å². The Morgan fingerprint density at radius 1 is 0.968 bits per heavy atom. The van der Waals surface area contributed by atoms with Crippen molar-refractivity contribution >= 4 is 33.4 Å². The molecule has 0 amide bonds. The normalized spacial score (nSPS) is 11.4. The van der Waals surface area contributed by atoms with Crippen molar-refractivity contribution in [3.05, 3.63) is 86.4 Å². The van der Waals surface area contributed by atoms with Crippen LogP contribution in [0.5, 0.6) is 0 Å². The van der Waals surface area contributed by atoms with Crippen LogP contribution in [-0.2, 0) is 11.3 Å². The molecule has 5 aromatic rings. The third-order valence-electron chi connectivity index (χ3n) is 4.85. The summed E-state index contributed by atoms with van der Waals surface area (Å²) in [6.45, 7) is 0.241. The Morgan fingerprint density at radius 2 is 1.68 bits per heavy atom. The van der Waals surface area contributed by atoms with Gasteiger partial charge in [0.2, 0.25) is 0 Å². The number of aromatic nitrogens is 6. The van der Waals surface area contributed by atoms with Crippen molar-refractivity contribution in [1.82, 2.24) is 29.3 Å². The van der Waals surface area contributed by atoms with Crippen LogP contribution in [0.4, 0.5) is 0 Å². The van der Waals surface area contributed by atoms with Crippen LogP contribution in [0.2, 0.25) is 5.02 Å². The highest BCUT2D eigenvalue weighted by molar-refractivity contribution is 6.30. The van der Waals surface area contributed by atoms with Gasteiger partial charge in [-0.05, 0) is 36.4 Å². The summed E-state index contributed by atoms with van der Waals surface area (Å²) in [5.41, 5.74) is 0.905. The molecule has 0 aliphatic rings. The Balaban J connectivity index is 1.71. The molecular formula is C21H15ClN6O3. The minimum atomic E-state index is -0.382. The van der Waals surface area contributed by atoms with E-state index >= 15 is 0 Å². The summed E-state index contributed by atoms with van der Waals surface area (Å²) in [6, 6.07) is 11.9. The molecule has 5 rings (SSSR count). The van der Waals surface area contributed by atoms with E-state index in [9.17, 15) is 9.59 Å². The quantitative estimate of drug-likeness (QED) is 0.436. The molecule has 4 aromatic heterocycles. The SMILES string of the molecule is COCc1nc(-n2ccc3nc4ccn(-c5cccc(Cl)c5)c(=O)c4cc3c2=O)n[nH]1. The highest BCUT2D eigenvalue weighted by Crippen LogP contribution is 2.18. The Hall–Kier alpha value is -3.82. The van der Waals surface area contributed by atoms with Crippen molar-refractivity contribution in [3.63, 3.8) is 0 Å². The van der Waals surface area contributed by atoms with Gasteiger partial charge in [0.25, 0.3) is 17.1 Å². The lowest BCUT2D eigenvalue weighted by Crippen LogP contribution is -2.21. The molecule has 0 saturated carbocycles. The minimum absolute atomic E-state index is 0.184. The zero-order valence-electron chi connectivity index (χ0n) is 16.2. The molecule has 31 heavy (non-hydrogen) atoms. The zero-order chi connectivity index (χ0) is 21.5. The lowest BCUT2D eigenvalue weighted by atomic mass is 10.2. The number of hydrogen-bond donors (Lipinski definition) is 1. The second-order valence-corrected chi connectivity index (χ2v) is 7.27. The van der Waals surface area contributed by atoms with Gasteiger partial charge in [0.05, 0.1) is 27.5 Å². The highest BCUT2D eigenvalue weighted by Gasteiger charge is 2.13. The summed E-state index contributed by atoms with van der Waals surface area (Å²) in [5.74, 6) is 0.675. The summed E-state index contributed by atoms with van der Waals surface area (Å²) < 4.78 is 7.78. The molecule has 0 unspecified atom stereocenters. The van der Waals surface area contributed by atoms with E-state index < -0.39 is 0 Å². The number of ether oxygens (including phenoxy) is 1. The van der Waals surface area contributed by atoms with Crippen molar-refractivity contribution in [2.45, 2.75) is 6.61 Å². The molecule has 0 aliphatic carbocycles. The third-order valence-corrected chi connectivity index (χ3v) is 5.08. The van der Waals surface area contributed by atoms with E-state index in [2.05, 4.69) is 20.2 Å². The number of rotatable bonds is 4. The largest absolute Gasteiger partial charge is 0.377 e. The molecule has 154 valence electrons. The van der Waals surface area contributed by atoms with Crippen molar-refractivity contribution in [2.24, 2.45) is 0 Å². The summed E-state index contributed by atoms with van der Waals surface area (Å²) in [5, 5.41) is 7.91. The maximum absolute atomic E-state index is 13.2. The van der Waals surface area contributed by atoms with Crippen molar-refractivity contribution in [1.29, 1.82) is 0 Å². The Labute approximate surface area is 179 Å². The number of benzene rings is 1. The van der Waals surface area contributed by atoms with Crippen LogP contribution in [0, 0.1) is 0 Å². The van der Waals surface area contributed by atoms with Gasteiger partial charge in [0.1, 0.15) is 6.61 Å². The number of halogens is 1. The topological polar surface area (TPSA) is 108 Å². The Kier molecular flexibility index (Phi) is 4.61. The molecule has 0 fully saturated rings. The third kappa shape index (κ3) is 3.29. The molecular weight excluding hydrogens is 420 g/mol. The minimum Gasteiger partial charge on any atom is -0.377 e. The Morgan fingerprint density at radius 3 is 2.39 bits per heavy atom. The summed E-state index contributed by atoms with van der Waals surface area (Å²) >= 11 is 6.07. The lowest BCUT2D eigenvalue weighted by molar-refractivity contribution is 0.178. The van der Waals surface area contributed by atoms with Crippen LogP contribution in [-0.4, -0.2) is 36.4 Å². The Bertz CT molecular complexity index is 1570. The number of pyridine rings is 3. The van der Waals surface area contributed by atoms with Crippen molar-refractivity contribution < 1.29 is 4.74 Å². The van der Waals surface area contributed by atoms with Gasteiger partial charge in [0, 0.05) is 24.5 Å². The number of hydrogen-bond acceptors (Lipinski definition) is 6. The van der Waals surface area contributed by atoms with Gasteiger partial charge in [0.15, 0.2) is 5.82 Å². The summed E-state index contributed by atoms with van der Waals surface area (Å²) in [6.07, 6.45) is 3.19. The number of nitrogens with one attached hydrogen (secondary N) is 1. The first-order valence-corrected chi connectivity index (χ1v) is 9.67. The van der Waals surface area contributed by atoms with E-state index in [0.717, 1.165) is 0 Å². The van der Waals surface area contributed by atoms with Crippen LogP contribution >= 0.6 is 11.6 Å². The second-order valence-electron chi connectivity index (χ2n) is 6.83. The molecule has 0 aliphatic heterocycles. The monoisotopic (exact) mass is 434 g/mol. The van der Waals surface area contributed by atoms with Crippen LogP contribution < -0.4 is 11.1 Å². The van der Waals surface area contributed by atoms with Crippen LogP contribution in [0.15, 0.2) is 64.4 Å². The molecule has 0 spiro atoms. The van der Waals surface area contributed by atoms with E-state index in [-0.39, 0.29) is 29.1 Å². The van der Waals surface area contributed by atoms with E-state index in [1.807, 2.05) is 0 Å². The van der Waals surface area contributed by atoms with Gasteiger partial charge in [-0.1, -0.05) is 17.7 Å². The fourth-order valence-corrected chi connectivity index (χ4v) is 3.59. The molecule has 10 heteroatoms. The standard InChI is InChI=1S/C21H15ClN6O3/c1-31-11-18-24-21(26-25-18)28-8-6-17-15(20(28)30)10-14-16(23-17)5-7-27(19(14)29)13-4-2-3-12(22)9-13/h2-10H,11H2,1H3,(H,24,25,26). The van der Waals surface area contributed by atoms with E-state index in [1.54, 1.807) is 54.9 Å². The number of H-pyrrole nitrogens is 1. The van der Waals surface area contributed by atoms with E-state index in [4.69, 9.17) is 16.3 Å². The first-order valence-electron chi connectivity index (χ1n) is 9.29. The van der Waals surface area contributed by atoms with E-state index in [1.165, 1.54) is 16.2 Å². The van der Waals surface area contributed by atoms with Crippen molar-refractivity contribution in [2.75, 3.05) is 7.11 Å². The fourth-order valence-electron chi connectivity index (χ4n) is 3.41. The van der Waals surface area contributed by atoms with Crippen LogP contribution in [0.3, 0.4) is 0 Å². The van der Waals surface area contributed by atoms with Gasteiger partial charge < -0.3 is 4.74 Å². The average molecular weight is 435 g/mol. The molecule has 1 aromatic carbocycles. The van der Waals surface area contributed by atoms with Crippen LogP contribution in [0.1, 0.15) is 5.82 Å². The van der Waals surface area contributed by atoms with Crippen LogP contribution in [0.25, 0.3) is 33.4 Å². The zero-order valence-corrected chi connectivity index (χ0v) is 17.0. The average Bonchev–Trinajstić information content (AvgIpc) is 3.22. The molecule has 0 atom stereocenters. The highest BCUT2D eigenvalue weighted by atomic mass is 35.5. The van der Waals surface area contributed by atoms with Gasteiger partial charge in [-0.2, -0.15) is 4.98 Å². The van der Waals surface area contributed by atoms with Gasteiger partial charge in [-0.3, -0.25) is 19.3 Å². The maximum Gasteiger partial charge on any atom is 0.267 e. The molecule has 0 saturated heterocycles. The van der Waals surface area contributed by atoms with E-state index in [0.29, 0.717) is 33.0 Å². The predicted molar refractivity (Wildman–Crippen MR) is 116 cm³/mol. The fraction of sp³-hybridized carbons (Fsp3) is 0.0952. The summed E-state index contributed by atoms with van der Waals surface area (Å²) in [4.78, 5) is 35.0. The lowest BCUT2D eigenvalue weighted by Gasteiger charge is -2.09. The summed E-state index contributed by atoms with van der Waals surface area (Å²) in [7, 11) is 1.54. The maximum atomic E-state index is 13.2. The number of nitrogens with zero attached hydrogens (tertiary/aromatic N) is 5. The number of aromatic amines is 1. The first kappa shape index (κ1) is 19.2. The first-order chi connectivity index (χ1) is 15.0. The van der Waals surface area contributed by atoms with Gasteiger partial charge in [-0.15, -0.1) is 5.10 Å². The van der Waals surface area contributed by atoms with Crippen molar-refractivity contribution in [3.8, 4) is 11.6 Å². The van der Waals surface area contributed by atoms with Gasteiger partial charge >= 0.3 is 0 Å². The predicted octanol–water partition coefficient (Wildman–Crippen LogP) is 2.61. The smallest absolute Gasteiger partial charge is 0.267 e. The molecule has 4 heterocycles. The molecule has 1 N–H and O–H groups in total.